The van der Waals surface area contributed by atoms with Crippen molar-refractivity contribution in [1.29, 1.82) is 0 Å². The number of nitrogens with zero attached hydrogens (tertiary/aromatic N) is 2. The molecule has 2 aliphatic rings. The first-order chi connectivity index (χ1) is 22.1. The standard InChI is InChI=1S/C32H20N2O10S2/c35-29(21-15-7-9-17-23(21)45-44-43-39)33-27(19-11-3-1-4-12-19)25-26(31(33)37)28(20-13-5-2-6-14-20)34(32(25)38)30(36)22-16-8-10-18-24(22)46(40,41)42/h1-18,39H,(H,40,41,42). The molecule has 0 fully saturated rings. The minimum Gasteiger partial charge on any atom is -0.282 e. The van der Waals surface area contributed by atoms with Gasteiger partial charge in [-0.05, 0) is 35.4 Å². The Kier molecular flexibility index (Phi) is 8.22. The SMILES string of the molecule is O=C1C2=C(c3ccccc3)N(C(=O)c3ccccc3S(=O)(=O)O)C(=O)C2=C(c2ccccc2)N1C(=O)c1ccccc1SOOO. The zero-order valence-electron chi connectivity index (χ0n) is 23.3. The van der Waals surface area contributed by atoms with Crippen LogP contribution in [0.4, 0.5) is 0 Å². The Morgan fingerprint density at radius 2 is 1.07 bits per heavy atom. The molecule has 46 heavy (non-hydrogen) atoms. The molecule has 0 radical (unpaired) electrons. The summed E-state index contributed by atoms with van der Waals surface area (Å²) < 4.78 is 38.8. The van der Waals surface area contributed by atoms with Crippen LogP contribution in [0.2, 0.25) is 0 Å². The molecule has 2 aliphatic heterocycles. The Morgan fingerprint density at radius 1 is 0.630 bits per heavy atom. The van der Waals surface area contributed by atoms with Crippen LogP contribution in [0.3, 0.4) is 0 Å². The van der Waals surface area contributed by atoms with Crippen LogP contribution >= 0.6 is 12.0 Å². The molecule has 0 saturated carbocycles. The number of amides is 4. The summed E-state index contributed by atoms with van der Waals surface area (Å²) in [6.45, 7) is 0. The molecular weight excluding hydrogens is 636 g/mol. The van der Waals surface area contributed by atoms with Crippen molar-refractivity contribution in [1.82, 2.24) is 9.80 Å². The molecule has 0 unspecified atom stereocenters. The van der Waals surface area contributed by atoms with Gasteiger partial charge in [0.2, 0.25) is 0 Å². The summed E-state index contributed by atoms with van der Waals surface area (Å²) in [5.41, 5.74) is -0.809. The number of hydrogen-bond donors (Lipinski definition) is 2. The van der Waals surface area contributed by atoms with Gasteiger partial charge in [0.25, 0.3) is 33.7 Å². The molecule has 4 aromatic rings. The molecule has 0 bridgehead atoms. The lowest BCUT2D eigenvalue weighted by molar-refractivity contribution is -0.432. The Morgan fingerprint density at radius 3 is 1.57 bits per heavy atom. The van der Waals surface area contributed by atoms with Gasteiger partial charge in [0.15, 0.2) is 0 Å². The Balaban J connectivity index is 1.61. The molecular formula is C32H20N2O10S2. The number of fused-ring (bicyclic) bond motifs is 1. The summed E-state index contributed by atoms with van der Waals surface area (Å²) in [5.74, 6) is -3.89. The van der Waals surface area contributed by atoms with Crippen LogP contribution < -0.4 is 0 Å². The van der Waals surface area contributed by atoms with E-state index >= 15 is 0 Å². The van der Waals surface area contributed by atoms with E-state index in [-0.39, 0.29) is 38.6 Å². The molecule has 0 aromatic heterocycles. The molecule has 4 amide bonds. The molecule has 6 rings (SSSR count). The maximum Gasteiger partial charge on any atom is 0.295 e. The monoisotopic (exact) mass is 656 g/mol. The van der Waals surface area contributed by atoms with Crippen molar-refractivity contribution in [2.24, 2.45) is 0 Å². The third-order valence-electron chi connectivity index (χ3n) is 7.17. The van der Waals surface area contributed by atoms with Crippen LogP contribution in [-0.2, 0) is 29.1 Å². The second kappa shape index (κ2) is 12.3. The topological polar surface area (TPSA) is 168 Å². The first kappa shape index (κ1) is 30.8. The Labute approximate surface area is 265 Å². The van der Waals surface area contributed by atoms with Crippen LogP contribution in [0, 0.1) is 0 Å². The quantitative estimate of drug-likeness (QED) is 0.0875. The van der Waals surface area contributed by atoms with Crippen LogP contribution in [0.5, 0.6) is 0 Å². The van der Waals surface area contributed by atoms with E-state index in [4.69, 9.17) is 5.26 Å². The molecule has 12 nitrogen and oxygen atoms in total. The molecule has 230 valence electrons. The lowest BCUT2D eigenvalue weighted by atomic mass is 10.0. The minimum atomic E-state index is -4.90. The number of hydrogen-bond acceptors (Lipinski definition) is 10. The lowest BCUT2D eigenvalue weighted by Gasteiger charge is -2.24. The van der Waals surface area contributed by atoms with Crippen molar-refractivity contribution in [3.8, 4) is 0 Å². The van der Waals surface area contributed by atoms with Gasteiger partial charge in [0.05, 0.1) is 50.6 Å². The highest BCUT2D eigenvalue weighted by Crippen LogP contribution is 2.48. The average molecular weight is 657 g/mol. The van der Waals surface area contributed by atoms with Gasteiger partial charge in [-0.15, -0.1) is 4.33 Å². The summed E-state index contributed by atoms with van der Waals surface area (Å²) >= 11 is 0.508. The smallest absolute Gasteiger partial charge is 0.282 e. The van der Waals surface area contributed by atoms with Crippen LogP contribution in [0.1, 0.15) is 31.8 Å². The Hall–Kier alpha value is -5.22. The van der Waals surface area contributed by atoms with Crippen molar-refractivity contribution in [3.63, 3.8) is 0 Å². The number of rotatable bonds is 8. The number of imide groups is 2. The third kappa shape index (κ3) is 5.24. The zero-order chi connectivity index (χ0) is 32.6. The van der Waals surface area contributed by atoms with Crippen molar-refractivity contribution >= 4 is 57.2 Å². The summed E-state index contributed by atoms with van der Waals surface area (Å²) in [7, 11) is -4.90. The fraction of sp³-hybridized carbons (Fsp3) is 0. The zero-order valence-corrected chi connectivity index (χ0v) is 24.9. The second-order valence-corrected chi connectivity index (χ2v) is 11.9. The molecule has 4 aromatic carbocycles. The van der Waals surface area contributed by atoms with E-state index in [0.29, 0.717) is 22.5 Å². The van der Waals surface area contributed by atoms with Crippen LogP contribution in [0.25, 0.3) is 11.4 Å². The Bertz CT molecular complexity index is 2100. The van der Waals surface area contributed by atoms with E-state index in [0.717, 1.165) is 17.0 Å². The fourth-order valence-electron chi connectivity index (χ4n) is 5.31. The van der Waals surface area contributed by atoms with Crippen molar-refractivity contribution in [3.05, 3.63) is 143 Å². The van der Waals surface area contributed by atoms with E-state index in [1.807, 2.05) is 0 Å². The van der Waals surface area contributed by atoms with Gasteiger partial charge < -0.3 is 0 Å². The van der Waals surface area contributed by atoms with E-state index in [2.05, 4.69) is 9.37 Å². The van der Waals surface area contributed by atoms with Gasteiger partial charge >= 0.3 is 0 Å². The molecule has 0 saturated heterocycles. The predicted molar refractivity (Wildman–Crippen MR) is 162 cm³/mol. The van der Waals surface area contributed by atoms with Gasteiger partial charge in [-0.1, -0.05) is 90.0 Å². The van der Waals surface area contributed by atoms with Crippen LogP contribution in [0.15, 0.2) is 130 Å². The molecule has 0 spiro atoms. The number of carbonyl (C=O) groups excluding carboxylic acids is 4. The average Bonchev–Trinajstić information content (AvgIpc) is 3.54. The minimum absolute atomic E-state index is 0.0313. The highest BCUT2D eigenvalue weighted by molar-refractivity contribution is 7.94. The predicted octanol–water partition coefficient (Wildman–Crippen LogP) is 4.85. The highest BCUT2D eigenvalue weighted by Gasteiger charge is 2.53. The molecule has 0 atom stereocenters. The maximum absolute atomic E-state index is 14.4. The summed E-state index contributed by atoms with van der Waals surface area (Å²) in [6, 6.07) is 27.0. The van der Waals surface area contributed by atoms with Crippen molar-refractivity contribution in [2.75, 3.05) is 0 Å². The molecule has 0 aliphatic carbocycles. The van der Waals surface area contributed by atoms with Crippen molar-refractivity contribution < 1.29 is 46.8 Å². The fourth-order valence-corrected chi connectivity index (χ4v) is 6.47. The first-order valence-electron chi connectivity index (χ1n) is 13.3. The van der Waals surface area contributed by atoms with E-state index < -0.39 is 44.2 Å². The highest BCUT2D eigenvalue weighted by atomic mass is 32.2. The molecule has 2 heterocycles. The largest absolute Gasteiger partial charge is 0.295 e. The van der Waals surface area contributed by atoms with E-state index in [1.165, 1.54) is 24.3 Å². The van der Waals surface area contributed by atoms with Crippen LogP contribution in [-0.4, -0.2) is 51.7 Å². The van der Waals surface area contributed by atoms with Gasteiger partial charge in [0.1, 0.15) is 4.90 Å². The van der Waals surface area contributed by atoms with Gasteiger partial charge in [-0.2, -0.15) is 8.42 Å². The first-order valence-corrected chi connectivity index (χ1v) is 15.5. The second-order valence-electron chi connectivity index (χ2n) is 9.76. The third-order valence-corrected chi connectivity index (χ3v) is 8.75. The maximum atomic E-state index is 14.4. The van der Waals surface area contributed by atoms with Gasteiger partial charge in [0, 0.05) is 0 Å². The van der Waals surface area contributed by atoms with Gasteiger partial charge in [-0.3, -0.25) is 23.7 Å². The van der Waals surface area contributed by atoms with Gasteiger partial charge in [-0.25, -0.2) is 15.1 Å². The summed E-state index contributed by atoms with van der Waals surface area (Å²) in [4.78, 5) is 58.1. The van der Waals surface area contributed by atoms with Crippen molar-refractivity contribution in [2.45, 2.75) is 9.79 Å². The summed E-state index contributed by atoms with van der Waals surface area (Å²) in [6.07, 6.45) is 0. The number of carbonyl (C=O) groups is 4. The van der Waals surface area contributed by atoms with E-state index in [1.54, 1.807) is 72.8 Å². The molecule has 2 N–H and O–H groups in total. The van der Waals surface area contributed by atoms with E-state index in [9.17, 15) is 32.1 Å². The molecule has 14 heteroatoms. The number of benzene rings is 4. The lowest BCUT2D eigenvalue weighted by Crippen LogP contribution is -2.36. The summed E-state index contributed by atoms with van der Waals surface area (Å²) in [5, 5.41) is 12.3. The normalized spacial score (nSPS) is 14.7.